The van der Waals surface area contributed by atoms with Crippen molar-refractivity contribution in [2.75, 3.05) is 0 Å². The lowest BCUT2D eigenvalue weighted by Crippen LogP contribution is -2.18. The summed E-state index contributed by atoms with van der Waals surface area (Å²) in [6.45, 7) is 4.46. The Bertz CT molecular complexity index is 184. The lowest BCUT2D eigenvalue weighted by Gasteiger charge is -2.05. The number of oxazole rings is 1. The zero-order chi connectivity index (χ0) is 8.10. The molecular formula is C7H12N2O2. The van der Waals surface area contributed by atoms with Crippen LogP contribution in [0.3, 0.4) is 0 Å². The van der Waals surface area contributed by atoms with Gasteiger partial charge in [-0.2, -0.15) is 5.48 Å². The highest BCUT2D eigenvalue weighted by Crippen LogP contribution is 1.95. The third-order valence-corrected chi connectivity index (χ3v) is 1.05. The molecule has 1 N–H and O–H groups in total. The molecule has 0 amide bonds. The highest BCUT2D eigenvalue weighted by molar-refractivity contribution is 4.85. The van der Waals surface area contributed by atoms with Gasteiger partial charge in [0.15, 0.2) is 6.39 Å². The summed E-state index contributed by atoms with van der Waals surface area (Å²) in [5.74, 6) is 0.769. The van der Waals surface area contributed by atoms with E-state index in [1.54, 1.807) is 6.20 Å². The molecule has 62 valence electrons. The van der Waals surface area contributed by atoms with Gasteiger partial charge in [0.2, 0.25) is 0 Å². The summed E-state index contributed by atoms with van der Waals surface area (Å²) in [6.07, 6.45) is 3.22. The first-order valence-corrected chi connectivity index (χ1v) is 3.55. The molecule has 0 aromatic carbocycles. The second kappa shape index (κ2) is 4.10. The Balaban J connectivity index is 2.14. The fourth-order valence-electron chi connectivity index (χ4n) is 0.609. The van der Waals surface area contributed by atoms with Crippen molar-refractivity contribution in [2.45, 2.75) is 26.5 Å². The van der Waals surface area contributed by atoms with Gasteiger partial charge in [-0.05, 0) is 13.8 Å². The van der Waals surface area contributed by atoms with Crippen molar-refractivity contribution in [3.8, 4) is 0 Å². The highest BCUT2D eigenvalue weighted by Gasteiger charge is 1.96. The predicted octanol–water partition coefficient (Wildman–Crippen LogP) is 1.10. The lowest BCUT2D eigenvalue weighted by molar-refractivity contribution is -0.0115. The summed E-state index contributed by atoms with van der Waals surface area (Å²) in [4.78, 5) is 8.84. The van der Waals surface area contributed by atoms with E-state index in [-0.39, 0.29) is 6.10 Å². The van der Waals surface area contributed by atoms with Crippen LogP contribution in [0.2, 0.25) is 0 Å². The maximum atomic E-state index is 5.08. The Kier molecular flexibility index (Phi) is 3.07. The molecule has 0 radical (unpaired) electrons. The first-order chi connectivity index (χ1) is 5.29. The standard InChI is InChI=1S/C7H12N2O2/c1-6(2)11-9-4-7-3-8-5-10-7/h3,5-6,9H,4H2,1-2H3. The van der Waals surface area contributed by atoms with Crippen LogP contribution in [0.4, 0.5) is 0 Å². The molecule has 0 aliphatic carbocycles. The SMILES string of the molecule is CC(C)ONCc1cnco1. The van der Waals surface area contributed by atoms with Crippen molar-refractivity contribution in [2.24, 2.45) is 0 Å². The van der Waals surface area contributed by atoms with Crippen LogP contribution < -0.4 is 5.48 Å². The first-order valence-electron chi connectivity index (χ1n) is 3.55. The molecule has 0 atom stereocenters. The zero-order valence-electron chi connectivity index (χ0n) is 6.70. The summed E-state index contributed by atoms with van der Waals surface area (Å²) < 4.78 is 4.96. The summed E-state index contributed by atoms with van der Waals surface area (Å²) in [6, 6.07) is 0. The second-order valence-corrected chi connectivity index (χ2v) is 2.46. The molecule has 0 spiro atoms. The number of nitrogens with one attached hydrogen (secondary N) is 1. The highest BCUT2D eigenvalue weighted by atomic mass is 16.7. The quantitative estimate of drug-likeness (QED) is 0.663. The van der Waals surface area contributed by atoms with Gasteiger partial charge in [-0.15, -0.1) is 0 Å². The van der Waals surface area contributed by atoms with Crippen LogP contribution in [-0.2, 0) is 11.4 Å². The van der Waals surface area contributed by atoms with Gasteiger partial charge in [0.1, 0.15) is 5.76 Å². The fraction of sp³-hybridized carbons (Fsp3) is 0.571. The average molecular weight is 156 g/mol. The molecule has 1 rings (SSSR count). The van der Waals surface area contributed by atoms with Crippen LogP contribution in [0, 0.1) is 0 Å². The van der Waals surface area contributed by atoms with Crippen molar-refractivity contribution in [1.29, 1.82) is 0 Å². The maximum Gasteiger partial charge on any atom is 0.180 e. The smallest absolute Gasteiger partial charge is 0.180 e. The average Bonchev–Trinajstić information content (AvgIpc) is 2.39. The monoisotopic (exact) mass is 156 g/mol. The minimum Gasteiger partial charge on any atom is -0.447 e. The van der Waals surface area contributed by atoms with Gasteiger partial charge >= 0.3 is 0 Å². The molecule has 4 heteroatoms. The van der Waals surface area contributed by atoms with Gasteiger partial charge in [0.25, 0.3) is 0 Å². The number of hydrogen-bond donors (Lipinski definition) is 1. The summed E-state index contributed by atoms with van der Waals surface area (Å²) >= 11 is 0. The van der Waals surface area contributed by atoms with E-state index in [1.165, 1.54) is 6.39 Å². The Morgan fingerprint density at radius 1 is 1.73 bits per heavy atom. The number of aromatic nitrogens is 1. The minimum atomic E-state index is 0.179. The van der Waals surface area contributed by atoms with E-state index in [2.05, 4.69) is 10.5 Å². The molecule has 0 aliphatic heterocycles. The van der Waals surface area contributed by atoms with Gasteiger partial charge in [-0.25, -0.2) is 4.98 Å². The molecule has 0 fully saturated rings. The van der Waals surface area contributed by atoms with Crippen LogP contribution in [0.15, 0.2) is 17.0 Å². The number of nitrogens with zero attached hydrogens (tertiary/aromatic N) is 1. The fourth-order valence-corrected chi connectivity index (χ4v) is 0.609. The van der Waals surface area contributed by atoms with E-state index in [0.29, 0.717) is 6.54 Å². The Hall–Kier alpha value is -0.870. The molecule has 0 bridgehead atoms. The Morgan fingerprint density at radius 2 is 2.55 bits per heavy atom. The second-order valence-electron chi connectivity index (χ2n) is 2.46. The normalized spacial score (nSPS) is 10.8. The van der Waals surface area contributed by atoms with Crippen molar-refractivity contribution < 1.29 is 9.25 Å². The molecule has 1 heterocycles. The molecule has 0 unspecified atom stereocenters. The third kappa shape index (κ3) is 3.15. The molecule has 11 heavy (non-hydrogen) atoms. The van der Waals surface area contributed by atoms with Crippen LogP contribution in [0.5, 0.6) is 0 Å². The van der Waals surface area contributed by atoms with Gasteiger partial charge in [-0.1, -0.05) is 0 Å². The summed E-state index contributed by atoms with van der Waals surface area (Å²) in [5, 5.41) is 0. The van der Waals surface area contributed by atoms with E-state index in [0.717, 1.165) is 5.76 Å². The lowest BCUT2D eigenvalue weighted by atomic mass is 10.5. The van der Waals surface area contributed by atoms with Crippen LogP contribution in [0.25, 0.3) is 0 Å². The molecule has 4 nitrogen and oxygen atoms in total. The van der Waals surface area contributed by atoms with Crippen molar-refractivity contribution in [3.63, 3.8) is 0 Å². The van der Waals surface area contributed by atoms with Gasteiger partial charge in [-0.3, -0.25) is 4.84 Å². The maximum absolute atomic E-state index is 5.08. The van der Waals surface area contributed by atoms with Crippen molar-refractivity contribution in [3.05, 3.63) is 18.4 Å². The molecule has 1 aromatic heterocycles. The van der Waals surface area contributed by atoms with Gasteiger partial charge < -0.3 is 4.42 Å². The van der Waals surface area contributed by atoms with Crippen molar-refractivity contribution in [1.82, 2.24) is 10.5 Å². The number of hydroxylamine groups is 1. The van der Waals surface area contributed by atoms with E-state index < -0.39 is 0 Å². The predicted molar refractivity (Wildman–Crippen MR) is 39.6 cm³/mol. The summed E-state index contributed by atoms with van der Waals surface area (Å²) in [5.41, 5.74) is 2.75. The topological polar surface area (TPSA) is 47.3 Å². The van der Waals surface area contributed by atoms with Crippen LogP contribution in [0.1, 0.15) is 19.6 Å². The molecule has 0 saturated carbocycles. The molecular weight excluding hydrogens is 144 g/mol. The number of hydrogen-bond acceptors (Lipinski definition) is 4. The van der Waals surface area contributed by atoms with Crippen molar-refractivity contribution >= 4 is 0 Å². The van der Waals surface area contributed by atoms with Crippen LogP contribution in [-0.4, -0.2) is 11.1 Å². The number of rotatable bonds is 4. The largest absolute Gasteiger partial charge is 0.447 e. The first kappa shape index (κ1) is 8.23. The van der Waals surface area contributed by atoms with Crippen LogP contribution >= 0.6 is 0 Å². The molecule has 1 aromatic rings. The molecule has 0 saturated heterocycles. The zero-order valence-corrected chi connectivity index (χ0v) is 6.70. The Morgan fingerprint density at radius 3 is 3.09 bits per heavy atom. The van der Waals surface area contributed by atoms with Gasteiger partial charge in [0, 0.05) is 0 Å². The third-order valence-electron chi connectivity index (χ3n) is 1.05. The van der Waals surface area contributed by atoms with Gasteiger partial charge in [0.05, 0.1) is 18.8 Å². The van der Waals surface area contributed by atoms with E-state index in [1.807, 2.05) is 13.8 Å². The minimum absolute atomic E-state index is 0.179. The summed E-state index contributed by atoms with van der Waals surface area (Å²) in [7, 11) is 0. The van der Waals surface area contributed by atoms with E-state index in [4.69, 9.17) is 9.25 Å². The van der Waals surface area contributed by atoms with E-state index in [9.17, 15) is 0 Å². The molecule has 0 aliphatic rings. The Labute approximate surface area is 65.5 Å². The van der Waals surface area contributed by atoms with E-state index >= 15 is 0 Å².